The van der Waals surface area contributed by atoms with Crippen molar-refractivity contribution in [2.24, 2.45) is 5.73 Å². The molecular formula is C14H17N3OS. The summed E-state index contributed by atoms with van der Waals surface area (Å²) in [4.78, 5) is 18.5. The third-order valence-electron chi connectivity index (χ3n) is 2.85. The summed E-state index contributed by atoms with van der Waals surface area (Å²) in [6, 6.07) is 9.61. The summed E-state index contributed by atoms with van der Waals surface area (Å²) in [6.07, 6.45) is 0. The molecule has 1 unspecified atom stereocenters. The average Bonchev–Trinajstić information content (AvgIpc) is 2.36. The average molecular weight is 275 g/mol. The molecule has 1 aromatic carbocycles. The fourth-order valence-corrected chi connectivity index (χ4v) is 3.04. The smallest absolute Gasteiger partial charge is 0.251 e. The Morgan fingerprint density at radius 2 is 2.11 bits per heavy atom. The Balaban J connectivity index is 2.29. The van der Waals surface area contributed by atoms with E-state index in [4.69, 9.17) is 5.73 Å². The van der Waals surface area contributed by atoms with E-state index in [1.807, 2.05) is 19.1 Å². The number of nitrogens with two attached hydrogens (primary N) is 1. The maximum absolute atomic E-state index is 11.4. The first-order valence-electron chi connectivity index (χ1n) is 6.10. The molecule has 1 heterocycles. The largest absolute Gasteiger partial charge is 0.329 e. The number of H-pyrrole nitrogens is 1. The van der Waals surface area contributed by atoms with E-state index in [1.165, 1.54) is 29.0 Å². The zero-order valence-corrected chi connectivity index (χ0v) is 11.8. The van der Waals surface area contributed by atoms with Gasteiger partial charge in [-0.05, 0) is 25.0 Å². The van der Waals surface area contributed by atoms with Crippen molar-refractivity contribution < 1.29 is 0 Å². The standard InChI is InChI=1S/C14H17N3OS/c1-9-5-3-4-6-11(9)12(8-15)19-14-16-10(2)7-13(18)17-14/h3-7,12H,8,15H2,1-2H3,(H,16,17,18). The van der Waals surface area contributed by atoms with E-state index in [-0.39, 0.29) is 10.8 Å². The van der Waals surface area contributed by atoms with Crippen LogP contribution in [0.25, 0.3) is 0 Å². The van der Waals surface area contributed by atoms with E-state index in [0.29, 0.717) is 17.4 Å². The summed E-state index contributed by atoms with van der Waals surface area (Å²) >= 11 is 1.49. The summed E-state index contributed by atoms with van der Waals surface area (Å²) in [7, 11) is 0. The molecule has 0 saturated carbocycles. The summed E-state index contributed by atoms with van der Waals surface area (Å²) in [6.45, 7) is 4.36. The van der Waals surface area contributed by atoms with Crippen LogP contribution in [0.15, 0.2) is 40.3 Å². The van der Waals surface area contributed by atoms with E-state index in [0.717, 1.165) is 0 Å². The minimum atomic E-state index is -0.129. The summed E-state index contributed by atoms with van der Waals surface area (Å²) in [5.74, 6) is 0. The van der Waals surface area contributed by atoms with Crippen LogP contribution in [-0.4, -0.2) is 16.5 Å². The van der Waals surface area contributed by atoms with Crippen LogP contribution in [-0.2, 0) is 0 Å². The Morgan fingerprint density at radius 3 is 2.74 bits per heavy atom. The summed E-state index contributed by atoms with van der Waals surface area (Å²) in [5.41, 5.74) is 8.82. The second-order valence-corrected chi connectivity index (χ2v) is 5.58. The number of hydrogen-bond acceptors (Lipinski definition) is 4. The molecule has 0 radical (unpaired) electrons. The monoisotopic (exact) mass is 275 g/mol. The molecule has 2 rings (SSSR count). The van der Waals surface area contributed by atoms with Gasteiger partial charge < -0.3 is 10.7 Å². The van der Waals surface area contributed by atoms with Crippen molar-refractivity contribution in [2.45, 2.75) is 24.3 Å². The SMILES string of the molecule is Cc1cc(=O)[nH]c(SC(CN)c2ccccc2C)n1. The van der Waals surface area contributed by atoms with Crippen LogP contribution in [0.5, 0.6) is 0 Å². The minimum Gasteiger partial charge on any atom is -0.329 e. The lowest BCUT2D eigenvalue weighted by atomic mass is 10.1. The van der Waals surface area contributed by atoms with Gasteiger partial charge in [0, 0.05) is 23.6 Å². The molecule has 0 saturated heterocycles. The van der Waals surface area contributed by atoms with Crippen molar-refractivity contribution in [2.75, 3.05) is 6.54 Å². The van der Waals surface area contributed by atoms with Crippen molar-refractivity contribution >= 4 is 11.8 Å². The van der Waals surface area contributed by atoms with Crippen LogP contribution in [0.3, 0.4) is 0 Å². The van der Waals surface area contributed by atoms with Gasteiger partial charge in [-0.25, -0.2) is 4.98 Å². The molecule has 0 aliphatic rings. The number of aromatic nitrogens is 2. The van der Waals surface area contributed by atoms with Gasteiger partial charge in [0.1, 0.15) is 0 Å². The third-order valence-corrected chi connectivity index (χ3v) is 4.00. The first-order valence-corrected chi connectivity index (χ1v) is 6.98. The molecule has 2 aromatic rings. The van der Waals surface area contributed by atoms with Crippen molar-refractivity contribution in [1.29, 1.82) is 0 Å². The number of nitrogens with one attached hydrogen (secondary N) is 1. The fraction of sp³-hybridized carbons (Fsp3) is 0.286. The molecule has 0 aliphatic carbocycles. The topological polar surface area (TPSA) is 71.8 Å². The maximum Gasteiger partial charge on any atom is 0.251 e. The lowest BCUT2D eigenvalue weighted by molar-refractivity contribution is 0.876. The second kappa shape index (κ2) is 6.04. The molecule has 3 N–H and O–H groups in total. The number of aryl methyl sites for hydroxylation is 2. The molecular weight excluding hydrogens is 258 g/mol. The number of nitrogens with zero attached hydrogens (tertiary/aromatic N) is 1. The first kappa shape index (κ1) is 13.8. The minimum absolute atomic E-state index is 0.0890. The zero-order chi connectivity index (χ0) is 13.8. The molecule has 1 aromatic heterocycles. The molecule has 0 amide bonds. The van der Waals surface area contributed by atoms with Crippen LogP contribution in [0, 0.1) is 13.8 Å². The zero-order valence-electron chi connectivity index (χ0n) is 11.0. The van der Waals surface area contributed by atoms with Gasteiger partial charge in [-0.1, -0.05) is 36.0 Å². The Bertz CT molecular complexity index is 624. The van der Waals surface area contributed by atoms with Crippen LogP contribution in [0.4, 0.5) is 0 Å². The highest BCUT2D eigenvalue weighted by Crippen LogP contribution is 2.33. The number of hydrogen-bond donors (Lipinski definition) is 2. The Kier molecular flexibility index (Phi) is 4.39. The van der Waals surface area contributed by atoms with Gasteiger partial charge in [0.05, 0.1) is 0 Å². The van der Waals surface area contributed by atoms with Crippen molar-refractivity contribution in [3.05, 3.63) is 57.5 Å². The van der Waals surface area contributed by atoms with Gasteiger partial charge in [0.15, 0.2) is 5.16 Å². The predicted octanol–water partition coefficient (Wildman–Crippen LogP) is 2.18. The van der Waals surface area contributed by atoms with E-state index in [2.05, 4.69) is 29.0 Å². The van der Waals surface area contributed by atoms with E-state index < -0.39 is 0 Å². The van der Waals surface area contributed by atoms with Gasteiger partial charge in [-0.2, -0.15) is 0 Å². The maximum atomic E-state index is 11.4. The molecule has 100 valence electrons. The Labute approximate surface area is 116 Å². The van der Waals surface area contributed by atoms with Gasteiger partial charge >= 0.3 is 0 Å². The number of aromatic amines is 1. The highest BCUT2D eigenvalue weighted by molar-refractivity contribution is 7.99. The Morgan fingerprint density at radius 1 is 1.37 bits per heavy atom. The fourth-order valence-electron chi connectivity index (χ4n) is 1.93. The first-order chi connectivity index (χ1) is 9.10. The van der Waals surface area contributed by atoms with Crippen LogP contribution >= 0.6 is 11.8 Å². The quantitative estimate of drug-likeness (QED) is 0.662. The second-order valence-electron chi connectivity index (χ2n) is 4.39. The molecule has 19 heavy (non-hydrogen) atoms. The molecule has 1 atom stereocenters. The van der Waals surface area contributed by atoms with Crippen molar-refractivity contribution in [1.82, 2.24) is 9.97 Å². The van der Waals surface area contributed by atoms with Gasteiger partial charge in [-0.3, -0.25) is 4.79 Å². The van der Waals surface area contributed by atoms with Crippen molar-refractivity contribution in [3.8, 4) is 0 Å². The lowest BCUT2D eigenvalue weighted by Gasteiger charge is -2.16. The predicted molar refractivity (Wildman–Crippen MR) is 78.4 cm³/mol. The summed E-state index contributed by atoms with van der Waals surface area (Å²) < 4.78 is 0. The molecule has 0 spiro atoms. The number of thioether (sulfide) groups is 1. The normalized spacial score (nSPS) is 12.4. The van der Waals surface area contributed by atoms with E-state index >= 15 is 0 Å². The Hall–Kier alpha value is -1.59. The molecule has 0 aliphatic heterocycles. The highest BCUT2D eigenvalue weighted by Gasteiger charge is 2.15. The van der Waals surface area contributed by atoms with Gasteiger partial charge in [0.25, 0.3) is 5.56 Å². The van der Waals surface area contributed by atoms with Crippen LogP contribution in [0.2, 0.25) is 0 Å². The molecule has 4 nitrogen and oxygen atoms in total. The van der Waals surface area contributed by atoms with Gasteiger partial charge in [0.2, 0.25) is 0 Å². The molecule has 0 fully saturated rings. The number of rotatable bonds is 4. The lowest BCUT2D eigenvalue weighted by Crippen LogP contribution is -2.13. The molecule has 5 heteroatoms. The highest BCUT2D eigenvalue weighted by atomic mass is 32.2. The van der Waals surface area contributed by atoms with Gasteiger partial charge in [-0.15, -0.1) is 0 Å². The summed E-state index contributed by atoms with van der Waals surface area (Å²) in [5, 5.41) is 0.704. The van der Waals surface area contributed by atoms with E-state index in [9.17, 15) is 4.79 Å². The molecule has 0 bridgehead atoms. The third kappa shape index (κ3) is 3.45. The number of benzene rings is 1. The van der Waals surface area contributed by atoms with Crippen LogP contribution < -0.4 is 11.3 Å². The van der Waals surface area contributed by atoms with Crippen molar-refractivity contribution in [3.63, 3.8) is 0 Å². The van der Waals surface area contributed by atoms with E-state index in [1.54, 1.807) is 0 Å². The van der Waals surface area contributed by atoms with Crippen LogP contribution in [0.1, 0.15) is 22.1 Å².